The number of thiazole rings is 1. The number of amides is 1. The highest BCUT2D eigenvalue weighted by atomic mass is 32.1. The van der Waals surface area contributed by atoms with Gasteiger partial charge in [0.2, 0.25) is 6.79 Å². The molecular formula is C23H18N2O4S. The van der Waals surface area contributed by atoms with E-state index < -0.39 is 0 Å². The highest BCUT2D eigenvalue weighted by molar-refractivity contribution is 7.16. The summed E-state index contributed by atoms with van der Waals surface area (Å²) in [6.07, 6.45) is 1.77. The minimum absolute atomic E-state index is 0.214. The zero-order chi connectivity index (χ0) is 20.7. The Labute approximate surface area is 176 Å². The number of benzene rings is 3. The first-order valence-corrected chi connectivity index (χ1v) is 10.2. The maximum absolute atomic E-state index is 13.1. The van der Waals surface area contributed by atoms with Gasteiger partial charge in [-0.15, -0.1) is 6.58 Å². The zero-order valence-electron chi connectivity index (χ0n) is 16.3. The topological polar surface area (TPSA) is 62.1 Å². The van der Waals surface area contributed by atoms with Crippen LogP contribution in [0.3, 0.4) is 0 Å². The van der Waals surface area contributed by atoms with E-state index in [0.717, 1.165) is 21.0 Å². The largest absolute Gasteiger partial charge is 0.496 e. The number of carbonyl (C=O) groups excluding carboxylic acids is 1. The summed E-state index contributed by atoms with van der Waals surface area (Å²) >= 11 is 1.42. The van der Waals surface area contributed by atoms with E-state index in [4.69, 9.17) is 14.2 Å². The molecule has 0 N–H and O–H groups in total. The molecule has 1 aliphatic rings. The molecule has 0 aliphatic carbocycles. The van der Waals surface area contributed by atoms with E-state index in [9.17, 15) is 4.79 Å². The van der Waals surface area contributed by atoms with Crippen molar-refractivity contribution in [3.05, 3.63) is 71.6 Å². The Morgan fingerprint density at radius 3 is 2.67 bits per heavy atom. The van der Waals surface area contributed by atoms with Crippen LogP contribution in [0, 0.1) is 0 Å². The third-order valence-electron chi connectivity index (χ3n) is 4.98. The third-order valence-corrected chi connectivity index (χ3v) is 6.03. The Morgan fingerprint density at radius 1 is 1.20 bits per heavy atom. The molecule has 0 unspecified atom stereocenters. The fourth-order valence-electron chi connectivity index (χ4n) is 3.55. The number of allylic oxidation sites excluding steroid dienone is 1. The van der Waals surface area contributed by atoms with Crippen LogP contribution in [0.1, 0.15) is 10.4 Å². The van der Waals surface area contributed by atoms with Gasteiger partial charge in [0.1, 0.15) is 5.75 Å². The van der Waals surface area contributed by atoms with Gasteiger partial charge in [0.25, 0.3) is 5.91 Å². The summed E-state index contributed by atoms with van der Waals surface area (Å²) in [6, 6.07) is 15.4. The van der Waals surface area contributed by atoms with Crippen molar-refractivity contribution in [2.75, 3.05) is 13.9 Å². The van der Waals surface area contributed by atoms with Crippen LogP contribution in [0.25, 0.3) is 21.0 Å². The number of methoxy groups -OCH3 is 1. The summed E-state index contributed by atoms with van der Waals surface area (Å²) in [5.74, 6) is 1.53. The molecule has 2 heterocycles. The molecule has 3 aromatic carbocycles. The van der Waals surface area contributed by atoms with E-state index in [1.165, 1.54) is 11.3 Å². The maximum atomic E-state index is 13.1. The van der Waals surface area contributed by atoms with E-state index in [1.807, 2.05) is 53.1 Å². The highest BCUT2D eigenvalue weighted by Gasteiger charge is 2.19. The molecule has 1 aliphatic heterocycles. The summed E-state index contributed by atoms with van der Waals surface area (Å²) in [7, 11) is 1.56. The molecule has 1 aromatic heterocycles. The van der Waals surface area contributed by atoms with Gasteiger partial charge in [0, 0.05) is 18.7 Å². The lowest BCUT2D eigenvalue weighted by Crippen LogP contribution is -2.16. The molecule has 5 rings (SSSR count). The second-order valence-electron chi connectivity index (χ2n) is 6.77. The van der Waals surface area contributed by atoms with Crippen molar-refractivity contribution in [3.63, 3.8) is 0 Å². The number of fused-ring (bicyclic) bond motifs is 3. The van der Waals surface area contributed by atoms with Crippen molar-refractivity contribution in [3.8, 4) is 17.2 Å². The fourth-order valence-corrected chi connectivity index (χ4v) is 4.60. The number of aromatic nitrogens is 1. The van der Waals surface area contributed by atoms with E-state index in [-0.39, 0.29) is 12.7 Å². The molecule has 6 nitrogen and oxygen atoms in total. The van der Waals surface area contributed by atoms with Crippen molar-refractivity contribution in [1.29, 1.82) is 0 Å². The van der Waals surface area contributed by atoms with Crippen LogP contribution in [0.2, 0.25) is 0 Å². The van der Waals surface area contributed by atoms with Crippen molar-refractivity contribution in [2.45, 2.75) is 6.54 Å². The van der Waals surface area contributed by atoms with Gasteiger partial charge in [-0.05, 0) is 22.9 Å². The molecule has 0 saturated carbocycles. The molecular weight excluding hydrogens is 400 g/mol. The smallest absolute Gasteiger partial charge is 0.283 e. The first-order chi connectivity index (χ1) is 14.7. The van der Waals surface area contributed by atoms with Crippen molar-refractivity contribution >= 4 is 38.2 Å². The SMILES string of the molecule is C=CCn1c(=NC(=O)c2cc3ccccc3cc2OC)sc2cc3c(cc21)OCO3. The number of carbonyl (C=O) groups is 1. The minimum Gasteiger partial charge on any atom is -0.496 e. The molecule has 0 radical (unpaired) electrons. The van der Waals surface area contributed by atoms with Crippen LogP contribution in [0.5, 0.6) is 17.2 Å². The molecule has 4 aromatic rings. The first-order valence-electron chi connectivity index (χ1n) is 9.37. The quantitative estimate of drug-likeness (QED) is 0.457. The fraction of sp³-hybridized carbons (Fsp3) is 0.130. The molecule has 0 atom stereocenters. The Hall–Kier alpha value is -3.58. The van der Waals surface area contributed by atoms with E-state index >= 15 is 0 Å². The normalized spacial score (nSPS) is 13.2. The second-order valence-corrected chi connectivity index (χ2v) is 7.78. The Bertz CT molecular complexity index is 1380. The molecule has 0 fully saturated rings. The number of hydrogen-bond acceptors (Lipinski definition) is 5. The summed E-state index contributed by atoms with van der Waals surface area (Å²) in [4.78, 5) is 18.2. The first kappa shape index (κ1) is 18.4. The van der Waals surface area contributed by atoms with Crippen molar-refractivity contribution < 1.29 is 19.0 Å². The van der Waals surface area contributed by atoms with Gasteiger partial charge in [0.15, 0.2) is 16.3 Å². The standard InChI is InChI=1S/C23H18N2O4S/c1-3-8-25-17-11-19-20(29-13-28-19)12-21(17)30-23(25)24-22(26)16-9-14-6-4-5-7-15(14)10-18(16)27-2/h3-7,9-12H,1,8,13H2,2H3. The van der Waals surface area contributed by atoms with Gasteiger partial charge >= 0.3 is 0 Å². The lowest BCUT2D eigenvalue weighted by atomic mass is 10.1. The Balaban J connectivity index is 1.67. The van der Waals surface area contributed by atoms with Gasteiger partial charge < -0.3 is 18.8 Å². The molecule has 30 heavy (non-hydrogen) atoms. The third kappa shape index (κ3) is 3.04. The van der Waals surface area contributed by atoms with Crippen LogP contribution < -0.4 is 19.0 Å². The van der Waals surface area contributed by atoms with Crippen LogP contribution in [0.15, 0.2) is 66.2 Å². The van der Waals surface area contributed by atoms with Crippen molar-refractivity contribution in [2.24, 2.45) is 4.99 Å². The molecule has 150 valence electrons. The molecule has 1 amide bonds. The summed E-state index contributed by atoms with van der Waals surface area (Å²) < 4.78 is 19.3. The van der Waals surface area contributed by atoms with E-state index in [2.05, 4.69) is 11.6 Å². The van der Waals surface area contributed by atoms with Crippen LogP contribution in [-0.4, -0.2) is 24.4 Å². The summed E-state index contributed by atoms with van der Waals surface area (Å²) in [6.45, 7) is 4.56. The number of nitrogens with zero attached hydrogens (tertiary/aromatic N) is 2. The predicted molar refractivity (Wildman–Crippen MR) is 117 cm³/mol. The van der Waals surface area contributed by atoms with Gasteiger partial charge in [-0.2, -0.15) is 4.99 Å². The van der Waals surface area contributed by atoms with Crippen LogP contribution >= 0.6 is 11.3 Å². The lowest BCUT2D eigenvalue weighted by molar-refractivity contribution is 0.0995. The second kappa shape index (κ2) is 7.35. The average molecular weight is 418 g/mol. The maximum Gasteiger partial charge on any atom is 0.283 e. The molecule has 0 spiro atoms. The van der Waals surface area contributed by atoms with Gasteiger partial charge in [0.05, 0.1) is 22.9 Å². The van der Waals surface area contributed by atoms with Crippen molar-refractivity contribution in [1.82, 2.24) is 4.57 Å². The number of ether oxygens (including phenoxy) is 3. The van der Waals surface area contributed by atoms with Gasteiger partial charge in [-0.1, -0.05) is 41.7 Å². The lowest BCUT2D eigenvalue weighted by Gasteiger charge is -2.08. The minimum atomic E-state index is -0.359. The van der Waals surface area contributed by atoms with Gasteiger partial charge in [-0.3, -0.25) is 4.79 Å². The van der Waals surface area contributed by atoms with Crippen LogP contribution in [0.4, 0.5) is 0 Å². The molecule has 7 heteroatoms. The average Bonchev–Trinajstić information content (AvgIpc) is 3.35. The summed E-state index contributed by atoms with van der Waals surface area (Å²) in [5, 5.41) is 1.96. The van der Waals surface area contributed by atoms with Crippen LogP contribution in [-0.2, 0) is 6.54 Å². The number of rotatable bonds is 4. The zero-order valence-corrected chi connectivity index (χ0v) is 17.1. The Morgan fingerprint density at radius 2 is 1.93 bits per heavy atom. The number of hydrogen-bond donors (Lipinski definition) is 0. The van der Waals surface area contributed by atoms with E-state index in [0.29, 0.717) is 34.2 Å². The highest BCUT2D eigenvalue weighted by Crippen LogP contribution is 2.37. The molecule has 0 bridgehead atoms. The van der Waals surface area contributed by atoms with Gasteiger partial charge in [-0.25, -0.2) is 0 Å². The monoisotopic (exact) mass is 418 g/mol. The predicted octanol–water partition coefficient (Wildman–Crippen LogP) is 4.52. The van der Waals surface area contributed by atoms with E-state index in [1.54, 1.807) is 13.2 Å². The Kier molecular flexibility index (Phi) is 4.52. The molecule has 0 saturated heterocycles. The summed E-state index contributed by atoms with van der Waals surface area (Å²) in [5.41, 5.74) is 1.34.